The molecule has 0 radical (unpaired) electrons. The van der Waals surface area contributed by atoms with Gasteiger partial charge in [0.2, 0.25) is 0 Å². The number of fused-ring (bicyclic) bond motifs is 2. The van der Waals surface area contributed by atoms with Crippen molar-refractivity contribution >= 4 is 11.7 Å². The van der Waals surface area contributed by atoms with Crippen LogP contribution >= 0.6 is 0 Å². The van der Waals surface area contributed by atoms with E-state index in [1.54, 1.807) is 0 Å². The zero-order valence-corrected chi connectivity index (χ0v) is 16.5. The average molecular weight is 382 g/mol. The molecule has 0 amide bonds. The van der Waals surface area contributed by atoms with Gasteiger partial charge in [-0.15, -0.1) is 0 Å². The molecule has 5 aliphatic heterocycles. The standard InChI is InChI=1S/C22H26N2O4/c1-4-13-12-27-18(25)21-15(13)11-17(28-19(21)26)22-20(21,9-10-23(22)2)14-7-5-6-8-16(14)24(22)3/h4-8,15,17-18,25H,9-12H2,1-3H3/b13-4+. The van der Waals surface area contributed by atoms with Crippen LogP contribution in [0, 0.1) is 11.3 Å². The van der Waals surface area contributed by atoms with Crippen LogP contribution in [0.5, 0.6) is 0 Å². The molecule has 6 nitrogen and oxygen atoms in total. The van der Waals surface area contributed by atoms with Crippen molar-refractivity contribution in [3.63, 3.8) is 0 Å². The van der Waals surface area contributed by atoms with E-state index in [1.807, 2.05) is 19.1 Å². The third-order valence-electron chi connectivity index (χ3n) is 8.63. The molecule has 7 rings (SSSR count). The number of nitrogens with zero attached hydrogens (tertiary/aromatic N) is 2. The number of para-hydroxylation sites is 1. The maximum Gasteiger partial charge on any atom is 0.319 e. The summed E-state index contributed by atoms with van der Waals surface area (Å²) < 4.78 is 12.0. The monoisotopic (exact) mass is 382 g/mol. The lowest BCUT2D eigenvalue weighted by Gasteiger charge is -2.69. The third kappa shape index (κ3) is 1.34. The third-order valence-corrected chi connectivity index (χ3v) is 8.63. The van der Waals surface area contributed by atoms with Crippen molar-refractivity contribution in [2.75, 3.05) is 32.1 Å². The Bertz CT molecular complexity index is 931. The molecule has 6 unspecified atom stereocenters. The molecule has 6 heteroatoms. The van der Waals surface area contributed by atoms with Crippen molar-refractivity contribution < 1.29 is 19.4 Å². The van der Waals surface area contributed by atoms with Crippen molar-refractivity contribution in [1.82, 2.24) is 4.90 Å². The van der Waals surface area contributed by atoms with E-state index in [0.29, 0.717) is 6.61 Å². The van der Waals surface area contributed by atoms with Crippen molar-refractivity contribution in [2.45, 2.75) is 43.2 Å². The summed E-state index contributed by atoms with van der Waals surface area (Å²) in [7, 11) is 4.23. The number of rotatable bonds is 0. The zero-order valence-electron chi connectivity index (χ0n) is 16.5. The topological polar surface area (TPSA) is 62.2 Å². The van der Waals surface area contributed by atoms with E-state index >= 15 is 0 Å². The van der Waals surface area contributed by atoms with Crippen LogP contribution in [0.4, 0.5) is 5.69 Å². The van der Waals surface area contributed by atoms with E-state index in [-0.39, 0.29) is 18.0 Å². The van der Waals surface area contributed by atoms with Crippen LogP contribution in [-0.4, -0.2) is 61.3 Å². The van der Waals surface area contributed by atoms with E-state index in [4.69, 9.17) is 9.47 Å². The second kappa shape index (κ2) is 4.99. The smallest absolute Gasteiger partial charge is 0.319 e. The number of likely N-dealkylation sites (N-methyl/N-ethyl adjacent to an activating group) is 2. The summed E-state index contributed by atoms with van der Waals surface area (Å²) in [5.41, 5.74) is 1.17. The van der Waals surface area contributed by atoms with Crippen LogP contribution in [0.2, 0.25) is 0 Å². The highest BCUT2D eigenvalue weighted by Gasteiger charge is 2.88. The number of ether oxygens (including phenoxy) is 2. The molecule has 1 aromatic rings. The fourth-order valence-electron chi connectivity index (χ4n) is 7.83. The number of carbonyl (C=O) groups is 1. The highest BCUT2D eigenvalue weighted by atomic mass is 16.6. The molecule has 2 bridgehead atoms. The summed E-state index contributed by atoms with van der Waals surface area (Å²) in [5.74, 6) is -0.358. The van der Waals surface area contributed by atoms with Gasteiger partial charge in [-0.25, -0.2) is 0 Å². The highest BCUT2D eigenvalue weighted by molar-refractivity contribution is 5.89. The lowest BCUT2D eigenvalue weighted by atomic mass is 9.42. The number of hydrogen-bond acceptors (Lipinski definition) is 6. The first-order valence-corrected chi connectivity index (χ1v) is 10.2. The van der Waals surface area contributed by atoms with E-state index in [0.717, 1.165) is 36.2 Å². The van der Waals surface area contributed by atoms with Crippen LogP contribution in [0.15, 0.2) is 35.9 Å². The van der Waals surface area contributed by atoms with Gasteiger partial charge in [-0.1, -0.05) is 24.3 Å². The molecule has 0 aromatic heterocycles. The van der Waals surface area contributed by atoms with E-state index in [2.05, 4.69) is 42.1 Å². The highest BCUT2D eigenvalue weighted by Crippen LogP contribution is 2.76. The summed E-state index contributed by atoms with van der Waals surface area (Å²) in [6.07, 6.45) is 2.14. The molecule has 1 N–H and O–H groups in total. The Kier molecular flexibility index (Phi) is 3.03. The van der Waals surface area contributed by atoms with Crippen molar-refractivity contribution in [2.24, 2.45) is 11.3 Å². The molecule has 5 fully saturated rings. The fourth-order valence-corrected chi connectivity index (χ4v) is 7.83. The van der Waals surface area contributed by atoms with Gasteiger partial charge in [0.25, 0.3) is 0 Å². The van der Waals surface area contributed by atoms with E-state index in [9.17, 15) is 9.90 Å². The Morgan fingerprint density at radius 1 is 1.29 bits per heavy atom. The lowest BCUT2D eigenvalue weighted by molar-refractivity contribution is -0.304. The minimum absolute atomic E-state index is 0.0633. The maximum atomic E-state index is 13.7. The van der Waals surface area contributed by atoms with Gasteiger partial charge < -0.3 is 19.5 Å². The van der Waals surface area contributed by atoms with Gasteiger partial charge in [-0.2, -0.15) is 0 Å². The van der Waals surface area contributed by atoms with Crippen LogP contribution in [0.3, 0.4) is 0 Å². The summed E-state index contributed by atoms with van der Waals surface area (Å²) in [5, 5.41) is 11.4. The number of hydrogen-bond donors (Lipinski definition) is 1. The van der Waals surface area contributed by atoms with Crippen molar-refractivity contribution in [1.29, 1.82) is 0 Å². The number of anilines is 1. The molecule has 28 heavy (non-hydrogen) atoms. The summed E-state index contributed by atoms with van der Waals surface area (Å²) in [4.78, 5) is 18.3. The molecular weight excluding hydrogens is 356 g/mol. The van der Waals surface area contributed by atoms with Gasteiger partial charge in [0.05, 0.1) is 12.0 Å². The fraction of sp³-hybridized carbons (Fsp3) is 0.591. The molecule has 6 aliphatic rings. The second-order valence-corrected chi connectivity index (χ2v) is 8.96. The van der Waals surface area contributed by atoms with Crippen LogP contribution in [0.25, 0.3) is 0 Å². The SMILES string of the molecule is C/C=C1\COC(O)C23C(=O)OC(CC12)C12N(C)CCC31c1ccccc1N2C. The Morgan fingerprint density at radius 3 is 2.86 bits per heavy atom. The summed E-state index contributed by atoms with van der Waals surface area (Å²) in [6.45, 7) is 3.22. The molecule has 6 atom stereocenters. The Morgan fingerprint density at radius 2 is 2.07 bits per heavy atom. The van der Waals surface area contributed by atoms with E-state index < -0.39 is 22.8 Å². The first kappa shape index (κ1) is 17.0. The van der Waals surface area contributed by atoms with Crippen molar-refractivity contribution in [3.05, 3.63) is 41.5 Å². The largest absolute Gasteiger partial charge is 0.458 e. The molecule has 4 saturated heterocycles. The quantitative estimate of drug-likeness (QED) is 0.544. The molecule has 1 aliphatic carbocycles. The van der Waals surface area contributed by atoms with Gasteiger partial charge in [0.1, 0.15) is 17.2 Å². The normalized spacial score (nSPS) is 47.6. The minimum atomic E-state index is -1.18. The number of allylic oxidation sites excluding steroid dienone is 1. The number of esters is 1. The molecule has 1 spiro atoms. The molecule has 1 aromatic carbocycles. The first-order chi connectivity index (χ1) is 13.5. The number of aliphatic hydroxyl groups is 1. The minimum Gasteiger partial charge on any atom is -0.458 e. The number of likely N-dealkylation sites (tertiary alicyclic amines) is 1. The lowest BCUT2D eigenvalue weighted by Crippen LogP contribution is -2.85. The molecular formula is C22H26N2O4. The predicted molar refractivity (Wildman–Crippen MR) is 103 cm³/mol. The molecule has 1 saturated carbocycles. The van der Waals surface area contributed by atoms with Gasteiger partial charge in [0, 0.05) is 25.2 Å². The van der Waals surface area contributed by atoms with Crippen LogP contribution in [0.1, 0.15) is 25.3 Å². The van der Waals surface area contributed by atoms with Crippen molar-refractivity contribution in [3.8, 4) is 0 Å². The average Bonchev–Trinajstić information content (AvgIpc) is 3.16. The zero-order chi connectivity index (χ0) is 19.5. The van der Waals surface area contributed by atoms with Gasteiger partial charge in [0.15, 0.2) is 6.29 Å². The summed E-state index contributed by atoms with van der Waals surface area (Å²) >= 11 is 0. The Labute approximate surface area is 164 Å². The van der Waals surface area contributed by atoms with Crippen LogP contribution < -0.4 is 4.90 Å². The number of carbonyl (C=O) groups excluding carboxylic acids is 1. The Balaban J connectivity index is 1.76. The first-order valence-electron chi connectivity index (χ1n) is 10.2. The molecule has 148 valence electrons. The second-order valence-electron chi connectivity index (χ2n) is 8.96. The van der Waals surface area contributed by atoms with E-state index in [1.165, 1.54) is 0 Å². The Hall–Kier alpha value is -1.89. The summed E-state index contributed by atoms with van der Waals surface area (Å²) in [6, 6.07) is 8.35. The maximum absolute atomic E-state index is 13.7. The number of benzene rings is 1. The van der Waals surface area contributed by atoms with Crippen LogP contribution in [-0.2, 0) is 19.7 Å². The predicted octanol–water partition coefficient (Wildman–Crippen LogP) is 1.63. The van der Waals surface area contributed by atoms with Gasteiger partial charge >= 0.3 is 5.97 Å². The molecule has 5 heterocycles. The van der Waals surface area contributed by atoms with Gasteiger partial charge in [-0.3, -0.25) is 9.69 Å². The number of aliphatic hydroxyl groups excluding tert-OH is 1. The van der Waals surface area contributed by atoms with Gasteiger partial charge in [-0.05, 0) is 44.0 Å².